The third-order valence-electron chi connectivity index (χ3n) is 3.52. The van der Waals surface area contributed by atoms with Crippen molar-refractivity contribution in [2.75, 3.05) is 7.11 Å². The van der Waals surface area contributed by atoms with E-state index in [1.54, 1.807) is 23.6 Å². The maximum atomic E-state index is 13.0. The van der Waals surface area contributed by atoms with Gasteiger partial charge in [0.2, 0.25) is 11.3 Å². The molecule has 0 unspecified atom stereocenters. The van der Waals surface area contributed by atoms with Gasteiger partial charge in [0.25, 0.3) is 5.89 Å². The summed E-state index contributed by atoms with van der Waals surface area (Å²) in [4.78, 5) is 24.5. The summed E-state index contributed by atoms with van der Waals surface area (Å²) in [6.45, 7) is 1.91. The van der Waals surface area contributed by atoms with Crippen LogP contribution in [-0.2, 0) is 11.3 Å². The molecule has 128 valence electrons. The van der Waals surface area contributed by atoms with Gasteiger partial charge in [-0.3, -0.25) is 4.79 Å². The highest BCUT2D eigenvalue weighted by atomic mass is 19.1. The standard InChI is InChI=1S/C17H14FN3O4/c1-10-19-20-16(25-10)13-8-21(7-11-3-5-12(18)6-4-11)9-14(15(13)22)17(23)24-2/h3-6,8-9H,7H2,1-2H3. The highest BCUT2D eigenvalue weighted by Crippen LogP contribution is 2.16. The molecule has 0 amide bonds. The van der Waals surface area contributed by atoms with E-state index in [-0.39, 0.29) is 22.8 Å². The smallest absolute Gasteiger partial charge is 0.343 e. The summed E-state index contributed by atoms with van der Waals surface area (Å²) in [6, 6.07) is 5.90. The Kier molecular flexibility index (Phi) is 4.42. The number of nitrogens with zero attached hydrogens (tertiary/aromatic N) is 3. The number of benzene rings is 1. The molecule has 8 heteroatoms. The van der Waals surface area contributed by atoms with Crippen LogP contribution in [-0.4, -0.2) is 27.8 Å². The summed E-state index contributed by atoms with van der Waals surface area (Å²) < 4.78 is 24.6. The van der Waals surface area contributed by atoms with Crippen molar-refractivity contribution in [1.82, 2.24) is 14.8 Å². The van der Waals surface area contributed by atoms with E-state index in [1.807, 2.05) is 0 Å². The zero-order valence-electron chi connectivity index (χ0n) is 13.5. The molecule has 0 N–H and O–H groups in total. The molecule has 3 rings (SSSR count). The Morgan fingerprint density at radius 1 is 1.24 bits per heavy atom. The number of hydrogen-bond acceptors (Lipinski definition) is 6. The van der Waals surface area contributed by atoms with Crippen LogP contribution in [0, 0.1) is 12.7 Å². The Balaban J connectivity index is 2.10. The van der Waals surface area contributed by atoms with Gasteiger partial charge in [-0.15, -0.1) is 10.2 Å². The van der Waals surface area contributed by atoms with Gasteiger partial charge in [0.15, 0.2) is 0 Å². The Morgan fingerprint density at radius 3 is 2.56 bits per heavy atom. The number of aryl methyl sites for hydroxylation is 1. The lowest BCUT2D eigenvalue weighted by atomic mass is 10.1. The fourth-order valence-electron chi connectivity index (χ4n) is 2.34. The third-order valence-corrected chi connectivity index (χ3v) is 3.52. The van der Waals surface area contributed by atoms with Gasteiger partial charge in [0, 0.05) is 25.9 Å². The van der Waals surface area contributed by atoms with Gasteiger partial charge in [-0.05, 0) is 17.7 Å². The predicted molar refractivity (Wildman–Crippen MR) is 85.6 cm³/mol. The Morgan fingerprint density at radius 2 is 1.96 bits per heavy atom. The number of halogens is 1. The lowest BCUT2D eigenvalue weighted by molar-refractivity contribution is 0.0598. The van der Waals surface area contributed by atoms with E-state index in [2.05, 4.69) is 14.9 Å². The van der Waals surface area contributed by atoms with Crippen molar-refractivity contribution in [1.29, 1.82) is 0 Å². The molecular weight excluding hydrogens is 329 g/mol. The molecule has 1 aromatic carbocycles. The van der Waals surface area contributed by atoms with Crippen LogP contribution in [0.3, 0.4) is 0 Å². The first kappa shape index (κ1) is 16.6. The zero-order chi connectivity index (χ0) is 18.0. The van der Waals surface area contributed by atoms with Gasteiger partial charge in [0.05, 0.1) is 7.11 Å². The van der Waals surface area contributed by atoms with Gasteiger partial charge in [-0.25, -0.2) is 9.18 Å². The van der Waals surface area contributed by atoms with E-state index in [9.17, 15) is 14.0 Å². The summed E-state index contributed by atoms with van der Waals surface area (Å²) in [5.41, 5.74) is 0.156. The van der Waals surface area contributed by atoms with Gasteiger partial charge in [-0.1, -0.05) is 12.1 Å². The minimum atomic E-state index is -0.768. The number of carbonyl (C=O) groups excluding carboxylic acids is 1. The zero-order valence-corrected chi connectivity index (χ0v) is 13.5. The van der Waals surface area contributed by atoms with Gasteiger partial charge in [0.1, 0.15) is 16.9 Å². The van der Waals surface area contributed by atoms with Crippen LogP contribution in [0.2, 0.25) is 0 Å². The third kappa shape index (κ3) is 3.47. The summed E-state index contributed by atoms with van der Waals surface area (Å²) >= 11 is 0. The lowest BCUT2D eigenvalue weighted by Crippen LogP contribution is -2.21. The Labute approximate surface area is 141 Å². The van der Waals surface area contributed by atoms with Crippen LogP contribution >= 0.6 is 0 Å². The quantitative estimate of drug-likeness (QED) is 0.675. The van der Waals surface area contributed by atoms with Crippen molar-refractivity contribution >= 4 is 5.97 Å². The highest BCUT2D eigenvalue weighted by molar-refractivity contribution is 5.90. The summed E-state index contributed by atoms with van der Waals surface area (Å²) in [7, 11) is 1.19. The SMILES string of the molecule is COC(=O)c1cn(Cc2ccc(F)cc2)cc(-c2nnc(C)o2)c1=O. The van der Waals surface area contributed by atoms with E-state index in [4.69, 9.17) is 4.42 Å². The van der Waals surface area contributed by atoms with Crippen LogP contribution in [0.4, 0.5) is 4.39 Å². The second kappa shape index (κ2) is 6.68. The largest absolute Gasteiger partial charge is 0.465 e. The molecule has 0 bridgehead atoms. The molecule has 0 aliphatic carbocycles. The molecule has 0 saturated carbocycles. The molecule has 0 radical (unpaired) electrons. The van der Waals surface area contributed by atoms with Crippen LogP contribution in [0.15, 0.2) is 45.9 Å². The fourth-order valence-corrected chi connectivity index (χ4v) is 2.34. The monoisotopic (exact) mass is 343 g/mol. The number of esters is 1. The van der Waals surface area contributed by atoms with Crippen molar-refractivity contribution in [2.45, 2.75) is 13.5 Å². The molecular formula is C17H14FN3O4. The van der Waals surface area contributed by atoms with E-state index in [0.29, 0.717) is 12.4 Å². The van der Waals surface area contributed by atoms with Crippen LogP contribution in [0.25, 0.3) is 11.5 Å². The van der Waals surface area contributed by atoms with E-state index in [1.165, 1.54) is 31.6 Å². The number of aromatic nitrogens is 3. The van der Waals surface area contributed by atoms with E-state index in [0.717, 1.165) is 5.56 Å². The minimum absolute atomic E-state index is 0.0149. The summed E-state index contributed by atoms with van der Waals surface area (Å²) in [5, 5.41) is 7.53. The van der Waals surface area contributed by atoms with E-state index >= 15 is 0 Å². The fraction of sp³-hybridized carbons (Fsp3) is 0.176. The van der Waals surface area contributed by atoms with Crippen molar-refractivity contribution in [3.05, 3.63) is 69.7 Å². The van der Waals surface area contributed by atoms with Crippen molar-refractivity contribution < 1.29 is 18.3 Å². The molecule has 0 spiro atoms. The molecule has 0 aliphatic rings. The lowest BCUT2D eigenvalue weighted by Gasteiger charge is -2.10. The summed E-state index contributed by atoms with van der Waals surface area (Å²) in [5.74, 6) is -0.805. The molecule has 7 nitrogen and oxygen atoms in total. The normalized spacial score (nSPS) is 10.7. The van der Waals surface area contributed by atoms with Gasteiger partial charge in [-0.2, -0.15) is 0 Å². The number of hydrogen-bond donors (Lipinski definition) is 0. The van der Waals surface area contributed by atoms with Gasteiger partial charge < -0.3 is 13.7 Å². The molecule has 0 saturated heterocycles. The van der Waals surface area contributed by atoms with Crippen LogP contribution in [0.1, 0.15) is 21.8 Å². The van der Waals surface area contributed by atoms with Crippen molar-refractivity contribution in [3.63, 3.8) is 0 Å². The highest BCUT2D eigenvalue weighted by Gasteiger charge is 2.19. The second-order valence-corrected chi connectivity index (χ2v) is 5.33. The number of rotatable bonds is 4. The maximum absolute atomic E-state index is 13.0. The first-order chi connectivity index (χ1) is 12.0. The molecule has 3 aromatic rings. The maximum Gasteiger partial charge on any atom is 0.343 e. The number of pyridine rings is 1. The first-order valence-electron chi connectivity index (χ1n) is 7.35. The van der Waals surface area contributed by atoms with Crippen molar-refractivity contribution in [3.8, 4) is 11.5 Å². The molecule has 0 atom stereocenters. The van der Waals surface area contributed by atoms with Crippen molar-refractivity contribution in [2.24, 2.45) is 0 Å². The van der Waals surface area contributed by atoms with Crippen LogP contribution in [0.5, 0.6) is 0 Å². The van der Waals surface area contributed by atoms with Crippen LogP contribution < -0.4 is 5.43 Å². The average Bonchev–Trinajstić information content (AvgIpc) is 3.03. The predicted octanol–water partition coefficient (Wildman–Crippen LogP) is 2.18. The summed E-state index contributed by atoms with van der Waals surface area (Å²) in [6.07, 6.45) is 2.88. The topological polar surface area (TPSA) is 87.2 Å². The van der Waals surface area contributed by atoms with Gasteiger partial charge >= 0.3 is 5.97 Å². The molecule has 25 heavy (non-hydrogen) atoms. The molecule has 0 aliphatic heterocycles. The van der Waals surface area contributed by atoms with E-state index < -0.39 is 11.4 Å². The average molecular weight is 343 g/mol. The molecule has 2 aromatic heterocycles. The minimum Gasteiger partial charge on any atom is -0.465 e. The number of methoxy groups -OCH3 is 1. The second-order valence-electron chi connectivity index (χ2n) is 5.33. The molecule has 2 heterocycles. The number of carbonyl (C=O) groups is 1. The number of ether oxygens (including phenoxy) is 1. The Hall–Kier alpha value is -3.29. The molecule has 0 fully saturated rings. The first-order valence-corrected chi connectivity index (χ1v) is 7.35. The Bertz CT molecular complexity index is 976.